The zero-order chi connectivity index (χ0) is 18.4. The fourth-order valence-corrected chi connectivity index (χ4v) is 3.09. The van der Waals surface area contributed by atoms with Gasteiger partial charge in [-0.3, -0.25) is 0 Å². The summed E-state index contributed by atoms with van der Waals surface area (Å²) in [5.41, 5.74) is 4.57. The van der Waals surface area contributed by atoms with Crippen LogP contribution in [0.3, 0.4) is 0 Å². The lowest BCUT2D eigenvalue weighted by Gasteiger charge is -2.23. The summed E-state index contributed by atoms with van der Waals surface area (Å²) in [6, 6.07) is 18.5. The van der Waals surface area contributed by atoms with Crippen LogP contribution in [0.1, 0.15) is 38.1 Å². The molecule has 0 aliphatic rings. The molecule has 2 aromatic carbocycles. The van der Waals surface area contributed by atoms with Gasteiger partial charge < -0.3 is 9.88 Å². The third kappa shape index (κ3) is 3.94. The monoisotopic (exact) mass is 344 g/mol. The van der Waals surface area contributed by atoms with Crippen molar-refractivity contribution >= 4 is 28.4 Å². The SMILES string of the molecule is CCCN(CCC)c1ccc(/C=C(\C#N)c2nc3ccccc3[nH]2)cc1. The van der Waals surface area contributed by atoms with Crippen LogP contribution in [-0.4, -0.2) is 23.1 Å². The average Bonchev–Trinajstić information content (AvgIpc) is 3.10. The quantitative estimate of drug-likeness (QED) is 0.595. The topological polar surface area (TPSA) is 55.7 Å². The van der Waals surface area contributed by atoms with Gasteiger partial charge in [0.05, 0.1) is 16.6 Å². The van der Waals surface area contributed by atoms with Gasteiger partial charge in [-0.1, -0.05) is 38.1 Å². The second-order valence-electron chi connectivity index (χ2n) is 6.35. The fourth-order valence-electron chi connectivity index (χ4n) is 3.09. The maximum Gasteiger partial charge on any atom is 0.149 e. The summed E-state index contributed by atoms with van der Waals surface area (Å²) < 4.78 is 0. The summed E-state index contributed by atoms with van der Waals surface area (Å²) >= 11 is 0. The minimum absolute atomic E-state index is 0.535. The Kier molecular flexibility index (Phi) is 5.70. The van der Waals surface area contributed by atoms with E-state index in [1.54, 1.807) is 0 Å². The molecule has 0 saturated carbocycles. The summed E-state index contributed by atoms with van der Waals surface area (Å²) in [6.45, 7) is 6.52. The van der Waals surface area contributed by atoms with E-state index in [1.807, 2.05) is 30.3 Å². The highest BCUT2D eigenvalue weighted by Crippen LogP contribution is 2.21. The summed E-state index contributed by atoms with van der Waals surface area (Å²) in [5, 5.41) is 9.56. The van der Waals surface area contributed by atoms with Crippen molar-refractivity contribution < 1.29 is 0 Å². The second kappa shape index (κ2) is 8.35. The lowest BCUT2D eigenvalue weighted by Crippen LogP contribution is -2.24. The van der Waals surface area contributed by atoms with E-state index in [1.165, 1.54) is 5.69 Å². The molecule has 0 spiro atoms. The molecule has 0 saturated heterocycles. The molecule has 0 aliphatic heterocycles. The van der Waals surface area contributed by atoms with Crippen molar-refractivity contribution in [2.45, 2.75) is 26.7 Å². The Morgan fingerprint density at radius 1 is 1.08 bits per heavy atom. The van der Waals surface area contributed by atoms with Gasteiger partial charge in [0.1, 0.15) is 11.9 Å². The summed E-state index contributed by atoms with van der Waals surface area (Å²) in [5.74, 6) is 0.608. The Balaban J connectivity index is 1.86. The normalized spacial score (nSPS) is 11.5. The number of aromatic nitrogens is 2. The first-order valence-electron chi connectivity index (χ1n) is 9.17. The maximum absolute atomic E-state index is 9.56. The van der Waals surface area contributed by atoms with Gasteiger partial charge in [0.25, 0.3) is 0 Å². The van der Waals surface area contributed by atoms with Crippen molar-refractivity contribution in [1.29, 1.82) is 5.26 Å². The van der Waals surface area contributed by atoms with E-state index >= 15 is 0 Å². The molecule has 1 N–H and O–H groups in total. The van der Waals surface area contributed by atoms with Crippen LogP contribution in [0.5, 0.6) is 0 Å². The molecule has 0 aliphatic carbocycles. The number of nitrogens with zero attached hydrogens (tertiary/aromatic N) is 3. The fraction of sp³-hybridized carbons (Fsp3) is 0.273. The number of nitriles is 1. The predicted octanol–water partition coefficient (Wildman–Crippen LogP) is 5.25. The molecule has 4 heteroatoms. The van der Waals surface area contributed by atoms with Crippen molar-refractivity contribution in [1.82, 2.24) is 9.97 Å². The highest BCUT2D eigenvalue weighted by atomic mass is 15.1. The number of nitrogens with one attached hydrogen (secondary N) is 1. The lowest BCUT2D eigenvalue weighted by atomic mass is 10.1. The molecule has 0 bridgehead atoms. The van der Waals surface area contributed by atoms with Crippen molar-refractivity contribution in [2.75, 3.05) is 18.0 Å². The van der Waals surface area contributed by atoms with E-state index < -0.39 is 0 Å². The molecule has 0 unspecified atom stereocenters. The van der Waals surface area contributed by atoms with E-state index in [-0.39, 0.29) is 0 Å². The summed E-state index contributed by atoms with van der Waals surface area (Å²) in [4.78, 5) is 10.1. The van der Waals surface area contributed by atoms with Crippen LogP contribution in [-0.2, 0) is 0 Å². The van der Waals surface area contributed by atoms with Crippen LogP contribution >= 0.6 is 0 Å². The molecule has 132 valence electrons. The average molecular weight is 344 g/mol. The zero-order valence-electron chi connectivity index (χ0n) is 15.4. The van der Waals surface area contributed by atoms with Crippen LogP contribution in [0, 0.1) is 11.3 Å². The molecule has 26 heavy (non-hydrogen) atoms. The highest BCUT2D eigenvalue weighted by Gasteiger charge is 2.08. The number of allylic oxidation sites excluding steroid dienone is 1. The van der Waals surface area contributed by atoms with Crippen LogP contribution in [0.2, 0.25) is 0 Å². The first-order valence-corrected chi connectivity index (χ1v) is 9.17. The van der Waals surface area contributed by atoms with E-state index in [9.17, 15) is 5.26 Å². The van der Waals surface area contributed by atoms with Crippen LogP contribution in [0.4, 0.5) is 5.69 Å². The van der Waals surface area contributed by atoms with Crippen LogP contribution < -0.4 is 4.90 Å². The van der Waals surface area contributed by atoms with Crippen molar-refractivity contribution in [2.24, 2.45) is 0 Å². The number of hydrogen-bond donors (Lipinski definition) is 1. The maximum atomic E-state index is 9.56. The Morgan fingerprint density at radius 3 is 2.38 bits per heavy atom. The predicted molar refractivity (Wildman–Crippen MR) is 109 cm³/mol. The lowest BCUT2D eigenvalue weighted by molar-refractivity contribution is 0.745. The summed E-state index contributed by atoms with van der Waals surface area (Å²) in [7, 11) is 0. The molecule has 3 rings (SSSR count). The number of anilines is 1. The number of fused-ring (bicyclic) bond motifs is 1. The minimum Gasteiger partial charge on any atom is -0.372 e. The standard InChI is InChI=1S/C22H24N4/c1-3-13-26(14-4-2)19-11-9-17(10-12-19)15-18(16-23)22-24-20-7-5-6-8-21(20)25-22/h5-12,15H,3-4,13-14H2,1-2H3,(H,24,25)/b18-15+. The number of hydrogen-bond acceptors (Lipinski definition) is 3. The Hall–Kier alpha value is -3.06. The number of H-pyrrole nitrogens is 1. The van der Waals surface area contributed by atoms with Gasteiger partial charge in [-0.2, -0.15) is 5.26 Å². The van der Waals surface area contributed by atoms with Crippen molar-refractivity contribution in [3.63, 3.8) is 0 Å². The first kappa shape index (κ1) is 17.8. The Morgan fingerprint density at radius 2 is 1.77 bits per heavy atom. The largest absolute Gasteiger partial charge is 0.372 e. The van der Waals surface area contributed by atoms with Gasteiger partial charge in [-0.15, -0.1) is 0 Å². The second-order valence-corrected chi connectivity index (χ2v) is 6.35. The third-order valence-electron chi connectivity index (χ3n) is 4.32. The Labute approximate surface area is 154 Å². The zero-order valence-corrected chi connectivity index (χ0v) is 15.4. The number of benzene rings is 2. The molecular weight excluding hydrogens is 320 g/mol. The van der Waals surface area contributed by atoms with E-state index in [2.05, 4.69) is 59.1 Å². The van der Waals surface area contributed by atoms with E-state index in [4.69, 9.17) is 0 Å². The van der Waals surface area contributed by atoms with Gasteiger partial charge in [-0.05, 0) is 48.7 Å². The van der Waals surface area contributed by atoms with Crippen molar-refractivity contribution in [3.05, 3.63) is 59.9 Å². The molecule has 4 nitrogen and oxygen atoms in total. The van der Waals surface area contributed by atoms with Gasteiger partial charge in [-0.25, -0.2) is 4.98 Å². The molecule has 1 aromatic heterocycles. The van der Waals surface area contributed by atoms with Gasteiger partial charge >= 0.3 is 0 Å². The van der Waals surface area contributed by atoms with E-state index in [0.29, 0.717) is 11.4 Å². The van der Waals surface area contributed by atoms with E-state index in [0.717, 1.165) is 42.5 Å². The molecule has 0 radical (unpaired) electrons. The van der Waals surface area contributed by atoms with Gasteiger partial charge in [0, 0.05) is 18.8 Å². The van der Waals surface area contributed by atoms with Crippen molar-refractivity contribution in [3.8, 4) is 6.07 Å². The minimum atomic E-state index is 0.535. The number of rotatable bonds is 7. The number of imidazole rings is 1. The Bertz CT molecular complexity index is 890. The molecule has 0 fully saturated rings. The molecular formula is C22H24N4. The van der Waals surface area contributed by atoms with Crippen LogP contribution in [0.15, 0.2) is 48.5 Å². The molecule has 1 heterocycles. The van der Waals surface area contributed by atoms with Gasteiger partial charge in [0.2, 0.25) is 0 Å². The highest BCUT2D eigenvalue weighted by molar-refractivity contribution is 5.90. The summed E-state index contributed by atoms with van der Waals surface area (Å²) in [6.07, 6.45) is 4.14. The molecule has 3 aromatic rings. The molecule has 0 amide bonds. The van der Waals surface area contributed by atoms with Crippen LogP contribution in [0.25, 0.3) is 22.7 Å². The smallest absolute Gasteiger partial charge is 0.149 e. The third-order valence-corrected chi connectivity index (χ3v) is 4.32. The number of aromatic amines is 1. The number of para-hydroxylation sites is 2. The first-order chi connectivity index (χ1) is 12.7. The van der Waals surface area contributed by atoms with Gasteiger partial charge in [0.15, 0.2) is 0 Å². The molecule has 0 atom stereocenters.